The van der Waals surface area contributed by atoms with E-state index in [1.807, 2.05) is 32.0 Å². The third-order valence-corrected chi connectivity index (χ3v) is 3.91. The topological polar surface area (TPSA) is 80.0 Å². The van der Waals surface area contributed by atoms with Crippen molar-refractivity contribution in [2.45, 2.75) is 19.8 Å². The molecule has 3 rings (SSSR count). The highest BCUT2D eigenvalue weighted by Gasteiger charge is 2.14. The Morgan fingerprint density at radius 1 is 1.38 bits per heavy atom. The van der Waals surface area contributed by atoms with E-state index in [2.05, 4.69) is 15.4 Å². The molecule has 2 heterocycles. The van der Waals surface area contributed by atoms with Crippen LogP contribution in [0.3, 0.4) is 0 Å². The first-order chi connectivity index (χ1) is 10.0. The fourth-order valence-electron chi connectivity index (χ4n) is 2.05. The Morgan fingerprint density at radius 2 is 2.19 bits per heavy atom. The summed E-state index contributed by atoms with van der Waals surface area (Å²) in [5, 5.41) is 15.9. The molecule has 0 bridgehead atoms. The first kappa shape index (κ1) is 13.6. The number of benzene rings is 1. The summed E-state index contributed by atoms with van der Waals surface area (Å²) in [7, 11) is 0. The summed E-state index contributed by atoms with van der Waals surface area (Å²) in [4.78, 5) is 15.2. The van der Waals surface area contributed by atoms with Gasteiger partial charge in [-0.1, -0.05) is 13.8 Å². The van der Waals surface area contributed by atoms with Gasteiger partial charge in [0.1, 0.15) is 5.82 Å². The minimum atomic E-state index is -1.11. The Bertz CT molecular complexity index is 806. The molecule has 6 nitrogen and oxygen atoms in total. The molecule has 1 aromatic carbocycles. The summed E-state index contributed by atoms with van der Waals surface area (Å²) in [5.74, 6) is 0.655. The van der Waals surface area contributed by atoms with Crippen molar-refractivity contribution in [1.82, 2.24) is 14.8 Å². The molecular weight excluding hydrogens is 288 g/mol. The molecule has 0 spiro atoms. The van der Waals surface area contributed by atoms with Crippen LogP contribution in [0.25, 0.3) is 15.9 Å². The number of nitrogens with one attached hydrogen (secondary N) is 1. The summed E-state index contributed by atoms with van der Waals surface area (Å²) in [6.45, 7) is 4.03. The maximum Gasteiger partial charge on any atom is 0.410 e. The molecule has 3 aromatic rings. The van der Waals surface area contributed by atoms with Gasteiger partial charge < -0.3 is 5.11 Å². The van der Waals surface area contributed by atoms with Gasteiger partial charge in [0.15, 0.2) is 0 Å². The fourth-order valence-corrected chi connectivity index (χ4v) is 2.76. The van der Waals surface area contributed by atoms with E-state index in [0.717, 1.165) is 21.6 Å². The molecule has 0 aliphatic carbocycles. The van der Waals surface area contributed by atoms with E-state index in [1.54, 1.807) is 27.6 Å². The first-order valence-corrected chi connectivity index (χ1v) is 7.36. The zero-order valence-electron chi connectivity index (χ0n) is 11.6. The molecule has 0 saturated heterocycles. The molecule has 0 aliphatic rings. The second-order valence-electron chi connectivity index (χ2n) is 4.96. The predicted octanol–water partition coefficient (Wildman–Crippen LogP) is 3.70. The van der Waals surface area contributed by atoms with E-state index in [1.165, 1.54) is 0 Å². The van der Waals surface area contributed by atoms with Gasteiger partial charge in [0.05, 0.1) is 27.1 Å². The smallest absolute Gasteiger partial charge is 0.410 e. The van der Waals surface area contributed by atoms with Gasteiger partial charge in [0.2, 0.25) is 0 Å². The van der Waals surface area contributed by atoms with E-state index in [-0.39, 0.29) is 5.92 Å². The minimum absolute atomic E-state index is 0.215. The highest BCUT2D eigenvalue weighted by Crippen LogP contribution is 2.25. The lowest BCUT2D eigenvalue weighted by Crippen LogP contribution is -2.11. The lowest BCUT2D eigenvalue weighted by molar-refractivity contribution is 0.209. The van der Waals surface area contributed by atoms with Crippen LogP contribution in [0.15, 0.2) is 29.8 Å². The maximum atomic E-state index is 10.9. The normalized spacial score (nSPS) is 11.2. The van der Waals surface area contributed by atoms with Crippen LogP contribution in [0.5, 0.6) is 0 Å². The first-order valence-electron chi connectivity index (χ1n) is 6.48. The highest BCUT2D eigenvalue weighted by atomic mass is 32.1. The van der Waals surface area contributed by atoms with Crippen LogP contribution in [-0.4, -0.2) is 26.0 Å². The number of aromatic nitrogens is 3. The number of anilines is 1. The van der Waals surface area contributed by atoms with Crippen LogP contribution in [0.4, 0.5) is 10.6 Å². The maximum absolute atomic E-state index is 10.9. The molecule has 1 amide bonds. The number of hydrogen-bond acceptors (Lipinski definition) is 4. The van der Waals surface area contributed by atoms with Crippen LogP contribution in [0.1, 0.15) is 25.5 Å². The predicted molar refractivity (Wildman–Crippen MR) is 82.5 cm³/mol. The van der Waals surface area contributed by atoms with Crippen molar-refractivity contribution in [2.24, 2.45) is 0 Å². The number of amides is 1. The van der Waals surface area contributed by atoms with E-state index >= 15 is 0 Å². The molecule has 0 radical (unpaired) electrons. The second kappa shape index (κ2) is 5.17. The van der Waals surface area contributed by atoms with Crippen molar-refractivity contribution in [3.8, 4) is 5.69 Å². The number of rotatable bonds is 3. The summed E-state index contributed by atoms with van der Waals surface area (Å²) in [6, 6.07) is 7.50. The summed E-state index contributed by atoms with van der Waals surface area (Å²) in [5.41, 5.74) is 4.35. The van der Waals surface area contributed by atoms with Gasteiger partial charge in [-0.3, -0.25) is 5.32 Å². The molecule has 0 saturated carbocycles. The monoisotopic (exact) mass is 302 g/mol. The highest BCUT2D eigenvalue weighted by molar-refractivity contribution is 7.16. The quantitative estimate of drug-likeness (QED) is 0.773. The zero-order valence-corrected chi connectivity index (χ0v) is 12.4. The van der Waals surface area contributed by atoms with Gasteiger partial charge in [-0.15, -0.1) is 11.3 Å². The summed E-state index contributed by atoms with van der Waals surface area (Å²) in [6.07, 6.45) is -1.11. The van der Waals surface area contributed by atoms with Crippen molar-refractivity contribution in [2.75, 3.05) is 5.32 Å². The molecule has 108 valence electrons. The summed E-state index contributed by atoms with van der Waals surface area (Å²) >= 11 is 1.54. The number of hydrogen-bond donors (Lipinski definition) is 2. The lowest BCUT2D eigenvalue weighted by Gasteiger charge is -2.06. The zero-order chi connectivity index (χ0) is 15.0. The SMILES string of the molecule is CC(C)c1cc(NC(=O)O)n(-c2ccc3ncsc3c2)n1. The largest absolute Gasteiger partial charge is 0.465 e. The molecule has 2 aromatic heterocycles. The van der Waals surface area contributed by atoms with Crippen LogP contribution in [0.2, 0.25) is 0 Å². The number of carboxylic acid groups (broad SMARTS) is 1. The Balaban J connectivity index is 2.12. The standard InChI is InChI=1S/C14H14N4O2S/c1-8(2)11-6-13(16-14(19)20)18(17-11)9-3-4-10-12(5-9)21-7-15-10/h3-8,16H,1-2H3,(H,19,20). The molecule has 0 aliphatic heterocycles. The Hall–Kier alpha value is -2.41. The third kappa shape index (κ3) is 2.59. The molecule has 21 heavy (non-hydrogen) atoms. The second-order valence-corrected chi connectivity index (χ2v) is 5.84. The molecular formula is C14H14N4O2S. The van der Waals surface area contributed by atoms with Crippen molar-refractivity contribution in [1.29, 1.82) is 0 Å². The average Bonchev–Trinajstić information content (AvgIpc) is 3.03. The van der Waals surface area contributed by atoms with Gasteiger partial charge in [0, 0.05) is 6.07 Å². The van der Waals surface area contributed by atoms with E-state index in [4.69, 9.17) is 5.11 Å². The average molecular weight is 302 g/mol. The van der Waals surface area contributed by atoms with Crippen molar-refractivity contribution >= 4 is 33.5 Å². The Labute approximate surface area is 125 Å². The van der Waals surface area contributed by atoms with Crippen molar-refractivity contribution < 1.29 is 9.90 Å². The molecule has 2 N–H and O–H groups in total. The lowest BCUT2D eigenvalue weighted by atomic mass is 10.1. The Kier molecular flexibility index (Phi) is 3.34. The molecule has 7 heteroatoms. The number of fused-ring (bicyclic) bond motifs is 1. The van der Waals surface area contributed by atoms with Crippen LogP contribution >= 0.6 is 11.3 Å². The number of thiazole rings is 1. The third-order valence-electron chi connectivity index (χ3n) is 3.11. The number of carbonyl (C=O) groups is 1. The Morgan fingerprint density at radius 3 is 2.90 bits per heavy atom. The van der Waals surface area contributed by atoms with Crippen LogP contribution < -0.4 is 5.32 Å². The van der Waals surface area contributed by atoms with Gasteiger partial charge in [-0.2, -0.15) is 5.10 Å². The fraction of sp³-hybridized carbons (Fsp3) is 0.214. The van der Waals surface area contributed by atoms with Gasteiger partial charge in [-0.25, -0.2) is 14.5 Å². The molecule has 0 fully saturated rings. The van der Waals surface area contributed by atoms with Gasteiger partial charge in [-0.05, 0) is 24.1 Å². The van der Waals surface area contributed by atoms with Gasteiger partial charge in [0.25, 0.3) is 0 Å². The van der Waals surface area contributed by atoms with Crippen molar-refractivity contribution in [3.05, 3.63) is 35.5 Å². The number of nitrogens with zero attached hydrogens (tertiary/aromatic N) is 3. The molecule has 0 unspecified atom stereocenters. The van der Waals surface area contributed by atoms with Crippen LogP contribution in [-0.2, 0) is 0 Å². The molecule has 0 atom stereocenters. The van der Waals surface area contributed by atoms with E-state index in [0.29, 0.717) is 5.82 Å². The van der Waals surface area contributed by atoms with E-state index in [9.17, 15) is 4.79 Å². The summed E-state index contributed by atoms with van der Waals surface area (Å²) < 4.78 is 2.65. The van der Waals surface area contributed by atoms with Crippen molar-refractivity contribution in [3.63, 3.8) is 0 Å². The van der Waals surface area contributed by atoms with Gasteiger partial charge >= 0.3 is 6.09 Å². The van der Waals surface area contributed by atoms with Crippen LogP contribution in [0, 0.1) is 0 Å². The minimum Gasteiger partial charge on any atom is -0.465 e. The van der Waals surface area contributed by atoms with E-state index < -0.39 is 6.09 Å².